The number of halogens is 4. The molecule has 0 saturated heterocycles. The number of fused-ring (bicyclic) bond motifs is 2. The van der Waals surface area contributed by atoms with E-state index in [1.165, 1.54) is 0 Å². The molecule has 0 radical (unpaired) electrons. The topological polar surface area (TPSA) is 68.4 Å². The average Bonchev–Trinajstić information content (AvgIpc) is 3.18. The Morgan fingerprint density at radius 1 is 0.938 bits per heavy atom. The van der Waals surface area contributed by atoms with Crippen molar-refractivity contribution in [3.05, 3.63) is 64.6 Å². The Kier molecular flexibility index (Phi) is 5.09. The Balaban J connectivity index is 1.31. The Morgan fingerprint density at radius 3 is 2.41 bits per heavy atom. The highest BCUT2D eigenvalue weighted by Gasteiger charge is 2.31. The number of ether oxygens (including phenoxy) is 3. The molecule has 32 heavy (non-hydrogen) atoms. The maximum atomic E-state index is 13.0. The summed E-state index contributed by atoms with van der Waals surface area (Å²) >= 11 is 3.16. The Bertz CT molecular complexity index is 1290. The van der Waals surface area contributed by atoms with Crippen molar-refractivity contribution in [3.63, 3.8) is 0 Å². The molecule has 0 aliphatic carbocycles. The van der Waals surface area contributed by atoms with E-state index in [1.807, 2.05) is 0 Å². The molecule has 0 atom stereocenters. The highest BCUT2D eigenvalue weighted by atomic mass is 79.9. The number of anilines is 2. The van der Waals surface area contributed by atoms with Crippen LogP contribution in [0.4, 0.5) is 24.8 Å². The third kappa shape index (κ3) is 4.18. The molecule has 0 bridgehead atoms. The van der Waals surface area contributed by atoms with Crippen LogP contribution in [-0.2, 0) is 6.18 Å². The summed E-state index contributed by atoms with van der Waals surface area (Å²) < 4.78 is 56.3. The summed E-state index contributed by atoms with van der Waals surface area (Å²) in [7, 11) is 0. The summed E-state index contributed by atoms with van der Waals surface area (Å²) in [6.07, 6.45) is -4.44. The van der Waals surface area contributed by atoms with Crippen LogP contribution in [0.5, 0.6) is 23.0 Å². The van der Waals surface area contributed by atoms with Gasteiger partial charge in [0.05, 0.1) is 11.1 Å². The zero-order valence-electron chi connectivity index (χ0n) is 16.3. The molecule has 0 unspecified atom stereocenters. The fourth-order valence-corrected chi connectivity index (χ4v) is 3.81. The van der Waals surface area contributed by atoms with Crippen molar-refractivity contribution in [3.8, 4) is 23.0 Å². The predicted octanol–water partition coefficient (Wildman–Crippen LogP) is 6.65. The van der Waals surface area contributed by atoms with Gasteiger partial charge in [-0.25, -0.2) is 4.98 Å². The monoisotopic (exact) mass is 505 g/mol. The fourth-order valence-electron chi connectivity index (χ4n) is 3.26. The van der Waals surface area contributed by atoms with Crippen LogP contribution in [0.2, 0.25) is 0 Å². The van der Waals surface area contributed by atoms with Gasteiger partial charge in [-0.2, -0.15) is 13.2 Å². The van der Waals surface area contributed by atoms with Crippen LogP contribution in [0.3, 0.4) is 0 Å². The summed E-state index contributed by atoms with van der Waals surface area (Å²) in [4.78, 5) is 7.20. The standard InChI is InChI=1S/C22H15BrF3N3O3/c23-16-9-12(22(24,25)26)10-17-20(16)29-21(28-17)27-13-1-3-14(4-2-13)32-15-5-6-18-19(11-15)31-8-7-30-18/h1-6,9-11H,7-8H2,(H2,27,28,29). The van der Waals surface area contributed by atoms with Crippen LogP contribution in [0.15, 0.2) is 59.1 Å². The van der Waals surface area contributed by atoms with E-state index in [2.05, 4.69) is 31.2 Å². The molecular weight excluding hydrogens is 491 g/mol. The number of alkyl halides is 3. The van der Waals surface area contributed by atoms with Gasteiger partial charge in [-0.05, 0) is 64.5 Å². The van der Waals surface area contributed by atoms with Crippen LogP contribution < -0.4 is 19.5 Å². The molecule has 0 amide bonds. The quantitative estimate of drug-likeness (QED) is 0.325. The van der Waals surface area contributed by atoms with Crippen molar-refractivity contribution in [2.75, 3.05) is 18.5 Å². The Morgan fingerprint density at radius 2 is 1.66 bits per heavy atom. The van der Waals surface area contributed by atoms with Crippen LogP contribution in [0.25, 0.3) is 11.0 Å². The highest BCUT2D eigenvalue weighted by molar-refractivity contribution is 9.10. The van der Waals surface area contributed by atoms with E-state index in [0.717, 1.165) is 12.1 Å². The minimum Gasteiger partial charge on any atom is -0.486 e. The molecule has 10 heteroatoms. The minimum absolute atomic E-state index is 0.259. The van der Waals surface area contributed by atoms with Crippen LogP contribution >= 0.6 is 15.9 Å². The molecule has 2 N–H and O–H groups in total. The minimum atomic E-state index is -4.44. The summed E-state index contributed by atoms with van der Waals surface area (Å²) in [6, 6.07) is 14.5. The summed E-state index contributed by atoms with van der Waals surface area (Å²) in [5.74, 6) is 2.85. The second-order valence-electron chi connectivity index (χ2n) is 6.99. The molecule has 1 aromatic heterocycles. The number of hydrogen-bond donors (Lipinski definition) is 2. The maximum Gasteiger partial charge on any atom is 0.416 e. The molecule has 0 saturated carbocycles. The van der Waals surface area contributed by atoms with Crippen LogP contribution in [0, 0.1) is 0 Å². The highest BCUT2D eigenvalue weighted by Crippen LogP contribution is 2.37. The van der Waals surface area contributed by atoms with Gasteiger partial charge in [0.25, 0.3) is 0 Å². The Labute approximate surface area is 188 Å². The molecule has 1 aliphatic heterocycles. The van der Waals surface area contributed by atoms with Gasteiger partial charge >= 0.3 is 6.18 Å². The van der Waals surface area contributed by atoms with E-state index in [-0.39, 0.29) is 9.99 Å². The summed E-state index contributed by atoms with van der Waals surface area (Å²) in [5, 5.41) is 3.05. The zero-order chi connectivity index (χ0) is 22.3. The maximum absolute atomic E-state index is 13.0. The predicted molar refractivity (Wildman–Crippen MR) is 116 cm³/mol. The zero-order valence-corrected chi connectivity index (χ0v) is 17.9. The number of benzene rings is 3. The van der Waals surface area contributed by atoms with E-state index in [0.29, 0.717) is 53.4 Å². The number of rotatable bonds is 4. The summed E-state index contributed by atoms with van der Waals surface area (Å²) in [6.45, 7) is 1.01. The number of nitrogens with one attached hydrogen (secondary N) is 2. The first-order chi connectivity index (χ1) is 15.3. The number of hydrogen-bond acceptors (Lipinski definition) is 5. The van der Waals surface area contributed by atoms with Gasteiger partial charge in [0.1, 0.15) is 30.2 Å². The van der Waals surface area contributed by atoms with E-state index in [1.54, 1.807) is 42.5 Å². The molecule has 1 aliphatic rings. The second-order valence-corrected chi connectivity index (χ2v) is 7.85. The van der Waals surface area contributed by atoms with Crippen molar-refractivity contribution in [2.45, 2.75) is 6.18 Å². The molecule has 0 spiro atoms. The van der Waals surface area contributed by atoms with Crippen molar-refractivity contribution in [1.29, 1.82) is 0 Å². The van der Waals surface area contributed by atoms with E-state index >= 15 is 0 Å². The van der Waals surface area contributed by atoms with Crippen LogP contribution in [-0.4, -0.2) is 23.2 Å². The molecule has 4 aromatic rings. The second kappa shape index (κ2) is 7.94. The lowest BCUT2D eigenvalue weighted by Crippen LogP contribution is -2.15. The molecule has 3 aromatic carbocycles. The normalized spacial score (nSPS) is 13.2. The molecular formula is C22H15BrF3N3O3. The number of H-pyrrole nitrogens is 1. The van der Waals surface area contributed by atoms with Gasteiger partial charge in [-0.15, -0.1) is 0 Å². The first-order valence-electron chi connectivity index (χ1n) is 9.56. The Hall–Kier alpha value is -3.40. The lowest BCUT2D eigenvalue weighted by molar-refractivity contribution is -0.137. The van der Waals surface area contributed by atoms with Crippen molar-refractivity contribution >= 4 is 38.6 Å². The van der Waals surface area contributed by atoms with Crippen LogP contribution in [0.1, 0.15) is 5.56 Å². The van der Waals surface area contributed by atoms with Gasteiger partial charge in [0, 0.05) is 16.2 Å². The number of nitrogens with zero attached hydrogens (tertiary/aromatic N) is 1. The van der Waals surface area contributed by atoms with Gasteiger partial charge in [0.2, 0.25) is 5.95 Å². The first-order valence-corrected chi connectivity index (χ1v) is 10.4. The molecule has 6 nitrogen and oxygen atoms in total. The third-order valence-corrected chi connectivity index (χ3v) is 5.34. The number of imidazole rings is 1. The molecule has 0 fully saturated rings. The lowest BCUT2D eigenvalue weighted by atomic mass is 10.2. The fraction of sp³-hybridized carbons (Fsp3) is 0.136. The number of aromatic amines is 1. The average molecular weight is 506 g/mol. The van der Waals surface area contributed by atoms with Crippen molar-refractivity contribution in [2.24, 2.45) is 0 Å². The SMILES string of the molecule is FC(F)(F)c1cc(Br)c2nc(Nc3ccc(Oc4ccc5c(c4)OCCO5)cc3)[nH]c2c1. The first kappa shape index (κ1) is 20.5. The lowest BCUT2D eigenvalue weighted by Gasteiger charge is -2.18. The van der Waals surface area contributed by atoms with E-state index < -0.39 is 11.7 Å². The van der Waals surface area contributed by atoms with Gasteiger partial charge < -0.3 is 24.5 Å². The summed E-state index contributed by atoms with van der Waals surface area (Å²) in [5.41, 5.74) is 0.602. The largest absolute Gasteiger partial charge is 0.486 e. The van der Waals surface area contributed by atoms with Gasteiger partial charge in [-0.3, -0.25) is 0 Å². The van der Waals surface area contributed by atoms with Gasteiger partial charge in [-0.1, -0.05) is 0 Å². The molecule has 164 valence electrons. The van der Waals surface area contributed by atoms with Gasteiger partial charge in [0.15, 0.2) is 11.5 Å². The van der Waals surface area contributed by atoms with E-state index in [4.69, 9.17) is 14.2 Å². The number of aromatic nitrogens is 2. The van der Waals surface area contributed by atoms with E-state index in [9.17, 15) is 13.2 Å². The smallest absolute Gasteiger partial charge is 0.416 e. The molecule has 5 rings (SSSR count). The van der Waals surface area contributed by atoms with Crippen molar-refractivity contribution in [1.82, 2.24) is 9.97 Å². The molecule has 2 heterocycles. The van der Waals surface area contributed by atoms with Crippen molar-refractivity contribution < 1.29 is 27.4 Å². The third-order valence-electron chi connectivity index (χ3n) is 4.73.